The molecule has 17 heavy (non-hydrogen) atoms. The lowest BCUT2D eigenvalue weighted by Crippen LogP contribution is -2.16. The number of nitrogens with zero attached hydrogens (tertiary/aromatic N) is 2. The Bertz CT molecular complexity index is 522. The molecule has 0 spiro atoms. The quantitative estimate of drug-likeness (QED) is 0.899. The summed E-state index contributed by atoms with van der Waals surface area (Å²) in [6.07, 6.45) is 0. The van der Waals surface area contributed by atoms with Crippen molar-refractivity contribution in [1.29, 1.82) is 0 Å². The van der Waals surface area contributed by atoms with Gasteiger partial charge in [-0.3, -0.25) is 0 Å². The maximum atomic E-state index is 5.48. The third-order valence-electron chi connectivity index (χ3n) is 2.92. The van der Waals surface area contributed by atoms with Gasteiger partial charge in [-0.25, -0.2) is 0 Å². The third-order valence-corrected chi connectivity index (χ3v) is 4.20. The lowest BCUT2D eigenvalue weighted by molar-refractivity contribution is 0.380. The van der Waals surface area contributed by atoms with Crippen LogP contribution in [0.3, 0.4) is 0 Å². The maximum Gasteiger partial charge on any atom is 0.240 e. The predicted octanol–water partition coefficient (Wildman–Crippen LogP) is 2.03. The lowest BCUT2D eigenvalue weighted by Gasteiger charge is -2.26. The van der Waals surface area contributed by atoms with Crippen LogP contribution in [0, 0.1) is 0 Å². The predicted molar refractivity (Wildman–Crippen MR) is 67.7 cm³/mol. The van der Waals surface area contributed by atoms with Crippen molar-refractivity contribution in [2.24, 2.45) is 5.73 Å². The molecule has 0 amide bonds. The van der Waals surface area contributed by atoms with E-state index in [0.29, 0.717) is 17.6 Å². The van der Waals surface area contributed by atoms with E-state index in [1.807, 2.05) is 23.9 Å². The van der Waals surface area contributed by atoms with Gasteiger partial charge in [0.1, 0.15) is 0 Å². The number of rotatable bonds is 3. The molecule has 2 aromatic rings. The van der Waals surface area contributed by atoms with E-state index in [9.17, 15) is 0 Å². The Morgan fingerprint density at radius 2 is 2.18 bits per heavy atom. The Hall–Kier alpha value is -1.33. The minimum Gasteiger partial charge on any atom is -0.338 e. The summed E-state index contributed by atoms with van der Waals surface area (Å²) in [5.74, 6) is 4.11. The molecule has 2 heterocycles. The summed E-state index contributed by atoms with van der Waals surface area (Å²) in [4.78, 5) is 4.29. The van der Waals surface area contributed by atoms with E-state index in [2.05, 4.69) is 22.3 Å². The summed E-state index contributed by atoms with van der Waals surface area (Å²) in [6.45, 7) is 0.286. The first-order valence-corrected chi connectivity index (χ1v) is 6.73. The smallest absolute Gasteiger partial charge is 0.240 e. The summed E-state index contributed by atoms with van der Waals surface area (Å²) < 4.78 is 5.06. The van der Waals surface area contributed by atoms with Crippen LogP contribution in [0.4, 0.5) is 0 Å². The van der Waals surface area contributed by atoms with Crippen LogP contribution in [0.1, 0.15) is 17.4 Å². The van der Waals surface area contributed by atoms with E-state index in [4.69, 9.17) is 10.3 Å². The third kappa shape index (κ3) is 1.96. The molecule has 1 fully saturated rings. The number of aromatic nitrogens is 2. The molecule has 0 atom stereocenters. The van der Waals surface area contributed by atoms with Crippen molar-refractivity contribution in [2.75, 3.05) is 11.5 Å². The van der Waals surface area contributed by atoms with E-state index < -0.39 is 0 Å². The van der Waals surface area contributed by atoms with Gasteiger partial charge in [0.15, 0.2) is 0 Å². The maximum absolute atomic E-state index is 5.48. The van der Waals surface area contributed by atoms with Crippen LogP contribution in [-0.4, -0.2) is 21.6 Å². The SMILES string of the molecule is NCc1nc(-c2ccccc2C2CSC2)no1. The normalized spacial score (nSPS) is 15.8. The second-order valence-electron chi connectivity index (χ2n) is 4.04. The van der Waals surface area contributed by atoms with E-state index in [0.717, 1.165) is 5.56 Å². The monoisotopic (exact) mass is 247 g/mol. The molecule has 1 aliphatic rings. The lowest BCUT2D eigenvalue weighted by atomic mass is 9.96. The molecule has 1 aromatic heterocycles. The number of thioether (sulfide) groups is 1. The molecular weight excluding hydrogens is 234 g/mol. The zero-order valence-electron chi connectivity index (χ0n) is 9.30. The van der Waals surface area contributed by atoms with Crippen molar-refractivity contribution in [2.45, 2.75) is 12.5 Å². The molecular formula is C12H13N3OS. The van der Waals surface area contributed by atoms with Crippen molar-refractivity contribution in [3.05, 3.63) is 35.7 Å². The minimum absolute atomic E-state index is 0.286. The van der Waals surface area contributed by atoms with Gasteiger partial charge in [0, 0.05) is 23.0 Å². The number of benzene rings is 1. The van der Waals surface area contributed by atoms with Gasteiger partial charge in [0.2, 0.25) is 11.7 Å². The van der Waals surface area contributed by atoms with Gasteiger partial charge in [0.05, 0.1) is 6.54 Å². The molecule has 0 radical (unpaired) electrons. The summed E-state index contributed by atoms with van der Waals surface area (Å²) in [5, 5.41) is 3.99. The Morgan fingerprint density at radius 3 is 2.82 bits per heavy atom. The molecule has 2 N–H and O–H groups in total. The zero-order valence-corrected chi connectivity index (χ0v) is 10.1. The summed E-state index contributed by atoms with van der Waals surface area (Å²) in [6, 6.07) is 8.26. The van der Waals surface area contributed by atoms with Crippen LogP contribution in [0.15, 0.2) is 28.8 Å². The van der Waals surface area contributed by atoms with Crippen LogP contribution in [0.25, 0.3) is 11.4 Å². The van der Waals surface area contributed by atoms with Gasteiger partial charge in [-0.2, -0.15) is 16.7 Å². The Morgan fingerprint density at radius 1 is 1.35 bits per heavy atom. The highest BCUT2D eigenvalue weighted by atomic mass is 32.2. The highest BCUT2D eigenvalue weighted by Gasteiger charge is 2.24. The fourth-order valence-electron chi connectivity index (χ4n) is 1.92. The molecule has 5 heteroatoms. The Kier molecular flexibility index (Phi) is 2.86. The topological polar surface area (TPSA) is 64.9 Å². The second kappa shape index (κ2) is 4.50. The van der Waals surface area contributed by atoms with Gasteiger partial charge in [-0.05, 0) is 5.56 Å². The van der Waals surface area contributed by atoms with Gasteiger partial charge in [-0.15, -0.1) is 0 Å². The van der Waals surface area contributed by atoms with Crippen LogP contribution in [0.2, 0.25) is 0 Å². The first-order valence-electron chi connectivity index (χ1n) is 5.58. The van der Waals surface area contributed by atoms with E-state index in [1.165, 1.54) is 17.1 Å². The number of hydrogen-bond donors (Lipinski definition) is 1. The summed E-state index contributed by atoms with van der Waals surface area (Å²) in [7, 11) is 0. The average molecular weight is 247 g/mol. The number of nitrogens with two attached hydrogens (primary N) is 1. The molecule has 1 aromatic carbocycles. The second-order valence-corrected chi connectivity index (χ2v) is 5.11. The van der Waals surface area contributed by atoms with Crippen molar-refractivity contribution < 1.29 is 4.52 Å². The summed E-state index contributed by atoms with van der Waals surface area (Å²) >= 11 is 1.97. The first kappa shape index (κ1) is 10.8. The zero-order chi connectivity index (χ0) is 11.7. The van der Waals surface area contributed by atoms with Crippen LogP contribution >= 0.6 is 11.8 Å². The molecule has 0 aliphatic carbocycles. The van der Waals surface area contributed by atoms with Crippen molar-refractivity contribution in [3.8, 4) is 11.4 Å². The van der Waals surface area contributed by atoms with Gasteiger partial charge < -0.3 is 10.3 Å². The molecule has 0 bridgehead atoms. The van der Waals surface area contributed by atoms with Crippen LogP contribution in [0.5, 0.6) is 0 Å². The highest BCUT2D eigenvalue weighted by molar-refractivity contribution is 8.00. The van der Waals surface area contributed by atoms with Crippen molar-refractivity contribution in [1.82, 2.24) is 10.1 Å². The average Bonchev–Trinajstić information content (AvgIpc) is 2.76. The first-order chi connectivity index (χ1) is 8.38. The standard InChI is InChI=1S/C12H13N3OS/c13-5-11-14-12(15-16-11)10-4-2-1-3-9(10)8-6-17-7-8/h1-4,8H,5-7,13H2. The van der Waals surface area contributed by atoms with Crippen LogP contribution in [-0.2, 0) is 6.54 Å². The van der Waals surface area contributed by atoms with Crippen molar-refractivity contribution in [3.63, 3.8) is 0 Å². The molecule has 88 valence electrons. The largest absolute Gasteiger partial charge is 0.338 e. The van der Waals surface area contributed by atoms with E-state index in [1.54, 1.807) is 0 Å². The van der Waals surface area contributed by atoms with Crippen LogP contribution < -0.4 is 5.73 Å². The molecule has 4 nitrogen and oxygen atoms in total. The molecule has 0 saturated carbocycles. The van der Waals surface area contributed by atoms with E-state index in [-0.39, 0.29) is 6.54 Å². The molecule has 1 saturated heterocycles. The molecule has 3 rings (SSSR count). The molecule has 0 unspecified atom stereocenters. The fraction of sp³-hybridized carbons (Fsp3) is 0.333. The highest BCUT2D eigenvalue weighted by Crippen LogP contribution is 2.38. The van der Waals surface area contributed by atoms with E-state index >= 15 is 0 Å². The number of hydrogen-bond acceptors (Lipinski definition) is 5. The minimum atomic E-state index is 0.286. The Balaban J connectivity index is 2.01. The van der Waals surface area contributed by atoms with Gasteiger partial charge in [0.25, 0.3) is 0 Å². The van der Waals surface area contributed by atoms with Gasteiger partial charge in [-0.1, -0.05) is 29.4 Å². The summed E-state index contributed by atoms with van der Waals surface area (Å²) in [5.41, 5.74) is 7.86. The Labute approximate surface area is 104 Å². The van der Waals surface area contributed by atoms with Gasteiger partial charge >= 0.3 is 0 Å². The van der Waals surface area contributed by atoms with Crippen molar-refractivity contribution >= 4 is 11.8 Å². The fourth-order valence-corrected chi connectivity index (χ4v) is 2.75. The molecule has 1 aliphatic heterocycles.